The van der Waals surface area contributed by atoms with Crippen LogP contribution in [0, 0.1) is 17.0 Å². The van der Waals surface area contributed by atoms with Gasteiger partial charge in [0, 0.05) is 11.4 Å². The van der Waals surface area contributed by atoms with E-state index in [-0.39, 0.29) is 11.3 Å². The highest BCUT2D eigenvalue weighted by molar-refractivity contribution is 9.08. The van der Waals surface area contributed by atoms with Gasteiger partial charge in [0.2, 0.25) is 0 Å². The summed E-state index contributed by atoms with van der Waals surface area (Å²) in [5, 5.41) is 19.9. The number of nitro benzene ring substituents is 1. The van der Waals surface area contributed by atoms with Crippen LogP contribution in [-0.4, -0.2) is 16.0 Å². The molecule has 0 aliphatic carbocycles. The van der Waals surface area contributed by atoms with Crippen LogP contribution in [0.15, 0.2) is 12.1 Å². The molecule has 0 amide bonds. The Labute approximate surface area is 94.0 Å². The normalized spacial score (nSPS) is 10.0. The fraction of sp³-hybridized carbons (Fsp3) is 0.222. The fourth-order valence-electron chi connectivity index (χ4n) is 1.20. The number of nitro groups is 1. The topological polar surface area (TPSA) is 80.4 Å². The van der Waals surface area contributed by atoms with Crippen molar-refractivity contribution >= 4 is 27.6 Å². The van der Waals surface area contributed by atoms with Crippen LogP contribution < -0.4 is 0 Å². The smallest absolute Gasteiger partial charge is 0.342 e. The number of halogens is 1. The zero-order valence-corrected chi connectivity index (χ0v) is 9.44. The molecule has 1 aromatic rings. The van der Waals surface area contributed by atoms with Crippen molar-refractivity contribution in [2.24, 2.45) is 0 Å². The summed E-state index contributed by atoms with van der Waals surface area (Å²) < 4.78 is 0. The Balaban J connectivity index is 3.45. The second kappa shape index (κ2) is 4.39. The van der Waals surface area contributed by atoms with Crippen molar-refractivity contribution in [3.05, 3.63) is 38.9 Å². The third-order valence-corrected chi connectivity index (χ3v) is 2.63. The molecule has 1 rings (SSSR count). The summed E-state index contributed by atoms with van der Waals surface area (Å²) in [6.07, 6.45) is 0. The number of hydrogen-bond acceptors (Lipinski definition) is 3. The summed E-state index contributed by atoms with van der Waals surface area (Å²) in [6, 6.07) is 2.60. The molecule has 0 atom stereocenters. The van der Waals surface area contributed by atoms with Crippen LogP contribution in [0.3, 0.4) is 0 Å². The number of nitrogens with zero attached hydrogens (tertiary/aromatic N) is 1. The molecule has 0 aliphatic rings. The maximum atomic E-state index is 10.8. The van der Waals surface area contributed by atoms with Crippen LogP contribution in [0.5, 0.6) is 0 Å². The van der Waals surface area contributed by atoms with E-state index in [0.717, 1.165) is 5.56 Å². The first-order valence-electron chi connectivity index (χ1n) is 4.04. The van der Waals surface area contributed by atoms with Crippen molar-refractivity contribution in [2.75, 3.05) is 0 Å². The van der Waals surface area contributed by atoms with Crippen molar-refractivity contribution < 1.29 is 14.8 Å². The summed E-state index contributed by atoms with van der Waals surface area (Å²) in [5.74, 6) is -1.29. The van der Waals surface area contributed by atoms with Crippen LogP contribution in [0.1, 0.15) is 21.5 Å². The number of benzene rings is 1. The summed E-state index contributed by atoms with van der Waals surface area (Å²) >= 11 is 3.19. The molecular formula is C9H8BrNO4. The third kappa shape index (κ3) is 2.33. The highest BCUT2D eigenvalue weighted by Gasteiger charge is 2.21. The van der Waals surface area contributed by atoms with Gasteiger partial charge in [0.1, 0.15) is 5.56 Å². The number of alkyl halides is 1. The molecular weight excluding hydrogens is 266 g/mol. The van der Waals surface area contributed by atoms with Gasteiger partial charge in [0.05, 0.1) is 4.92 Å². The van der Waals surface area contributed by atoms with Crippen LogP contribution in [-0.2, 0) is 5.33 Å². The largest absolute Gasteiger partial charge is 0.477 e. The number of carboxylic acids is 1. The lowest BCUT2D eigenvalue weighted by Crippen LogP contribution is -2.04. The van der Waals surface area contributed by atoms with Gasteiger partial charge in [0.25, 0.3) is 5.69 Å². The van der Waals surface area contributed by atoms with Crippen LogP contribution in [0.2, 0.25) is 0 Å². The minimum absolute atomic E-state index is 0.278. The molecule has 0 spiro atoms. The lowest BCUT2D eigenvalue weighted by atomic mass is 10.0. The Morgan fingerprint density at radius 1 is 1.60 bits per heavy atom. The van der Waals surface area contributed by atoms with Gasteiger partial charge >= 0.3 is 5.97 Å². The van der Waals surface area contributed by atoms with Gasteiger partial charge in [-0.25, -0.2) is 4.79 Å². The predicted molar refractivity (Wildman–Crippen MR) is 57.4 cm³/mol. The molecule has 0 aromatic heterocycles. The van der Waals surface area contributed by atoms with Gasteiger partial charge in [-0.1, -0.05) is 15.9 Å². The van der Waals surface area contributed by atoms with Gasteiger partial charge in [-0.2, -0.15) is 0 Å². The van der Waals surface area contributed by atoms with Gasteiger partial charge in [-0.05, 0) is 24.1 Å². The highest BCUT2D eigenvalue weighted by atomic mass is 79.9. The SMILES string of the molecule is Cc1cc([N+](=O)[O-])c(C(=O)O)cc1CBr. The van der Waals surface area contributed by atoms with Gasteiger partial charge < -0.3 is 5.11 Å². The zero-order chi connectivity index (χ0) is 11.6. The minimum Gasteiger partial charge on any atom is -0.477 e. The lowest BCUT2D eigenvalue weighted by molar-refractivity contribution is -0.385. The molecule has 1 aromatic carbocycles. The molecule has 1 N–H and O–H groups in total. The molecule has 0 aliphatic heterocycles. The molecule has 80 valence electrons. The van der Waals surface area contributed by atoms with Crippen molar-refractivity contribution in [3.8, 4) is 0 Å². The van der Waals surface area contributed by atoms with Gasteiger partial charge in [0.15, 0.2) is 0 Å². The average Bonchev–Trinajstić information content (AvgIpc) is 2.16. The monoisotopic (exact) mass is 273 g/mol. The Bertz CT molecular complexity index is 430. The molecule has 6 heteroatoms. The third-order valence-electron chi connectivity index (χ3n) is 2.03. The molecule has 0 unspecified atom stereocenters. The Hall–Kier alpha value is -1.43. The minimum atomic E-state index is -1.29. The summed E-state index contributed by atoms with van der Waals surface area (Å²) in [6.45, 7) is 1.70. The van der Waals surface area contributed by atoms with Gasteiger partial charge in [-0.3, -0.25) is 10.1 Å². The summed E-state index contributed by atoms with van der Waals surface area (Å²) in [5.41, 5.74) is 0.784. The summed E-state index contributed by atoms with van der Waals surface area (Å²) in [4.78, 5) is 20.7. The lowest BCUT2D eigenvalue weighted by Gasteiger charge is -2.04. The standard InChI is InChI=1S/C9H8BrNO4/c1-5-2-8(11(14)15)7(9(12)13)3-6(5)4-10/h2-3H,4H2,1H3,(H,12,13). The first-order valence-corrected chi connectivity index (χ1v) is 5.16. The molecule has 5 nitrogen and oxygen atoms in total. The predicted octanol–water partition coefficient (Wildman–Crippen LogP) is 2.50. The van der Waals surface area contributed by atoms with Gasteiger partial charge in [-0.15, -0.1) is 0 Å². The number of aromatic carboxylic acids is 1. The first-order chi connectivity index (χ1) is 6.97. The molecule has 0 saturated heterocycles. The maximum absolute atomic E-state index is 10.8. The molecule has 0 fully saturated rings. The molecule has 0 heterocycles. The van der Waals surface area contributed by atoms with E-state index < -0.39 is 10.9 Å². The van der Waals surface area contributed by atoms with E-state index in [1.807, 2.05) is 0 Å². The molecule has 0 radical (unpaired) electrons. The Morgan fingerprint density at radius 3 is 2.60 bits per heavy atom. The molecule has 0 saturated carbocycles. The van der Waals surface area contributed by atoms with E-state index in [9.17, 15) is 14.9 Å². The fourth-order valence-corrected chi connectivity index (χ4v) is 1.81. The van der Waals surface area contributed by atoms with E-state index in [2.05, 4.69) is 15.9 Å². The number of carbonyl (C=O) groups is 1. The van der Waals surface area contributed by atoms with E-state index >= 15 is 0 Å². The molecule has 0 bridgehead atoms. The molecule has 15 heavy (non-hydrogen) atoms. The van der Waals surface area contributed by atoms with Crippen molar-refractivity contribution in [1.29, 1.82) is 0 Å². The average molecular weight is 274 g/mol. The Kier molecular flexibility index (Phi) is 3.41. The quantitative estimate of drug-likeness (QED) is 0.521. The van der Waals surface area contributed by atoms with E-state index in [4.69, 9.17) is 5.11 Å². The second-order valence-electron chi connectivity index (χ2n) is 2.99. The van der Waals surface area contributed by atoms with Crippen molar-refractivity contribution in [1.82, 2.24) is 0 Å². The number of carboxylic acid groups (broad SMARTS) is 1. The van der Waals surface area contributed by atoms with Crippen molar-refractivity contribution in [2.45, 2.75) is 12.3 Å². The second-order valence-corrected chi connectivity index (χ2v) is 3.55. The van der Waals surface area contributed by atoms with Crippen molar-refractivity contribution in [3.63, 3.8) is 0 Å². The highest BCUT2D eigenvalue weighted by Crippen LogP contribution is 2.24. The van der Waals surface area contributed by atoms with Crippen LogP contribution in [0.4, 0.5) is 5.69 Å². The number of rotatable bonds is 3. The maximum Gasteiger partial charge on any atom is 0.342 e. The first kappa shape index (κ1) is 11.6. The van der Waals surface area contributed by atoms with E-state index in [0.29, 0.717) is 10.9 Å². The zero-order valence-electron chi connectivity index (χ0n) is 7.86. The van der Waals surface area contributed by atoms with Crippen LogP contribution in [0.25, 0.3) is 0 Å². The van der Waals surface area contributed by atoms with E-state index in [1.54, 1.807) is 6.92 Å². The number of aryl methyl sites for hydroxylation is 1. The number of hydrogen-bond donors (Lipinski definition) is 1. The van der Waals surface area contributed by atoms with E-state index in [1.165, 1.54) is 12.1 Å². The Morgan fingerprint density at radius 2 is 2.20 bits per heavy atom. The van der Waals surface area contributed by atoms with Crippen LogP contribution >= 0.6 is 15.9 Å². The summed E-state index contributed by atoms with van der Waals surface area (Å²) in [7, 11) is 0.